The number of phenols is 1. The molecule has 0 aliphatic rings. The summed E-state index contributed by atoms with van der Waals surface area (Å²) in [5.41, 5.74) is 3.16. The molecule has 1 N–H and O–H groups in total. The van der Waals surface area contributed by atoms with Crippen molar-refractivity contribution in [2.45, 2.75) is 6.92 Å². The summed E-state index contributed by atoms with van der Waals surface area (Å²) < 4.78 is 0. The molecule has 0 unspecified atom stereocenters. The van der Waals surface area contributed by atoms with Gasteiger partial charge in [0.1, 0.15) is 5.75 Å². The molecule has 0 saturated heterocycles. The lowest BCUT2D eigenvalue weighted by Crippen LogP contribution is -1.83. The van der Waals surface area contributed by atoms with Gasteiger partial charge in [-0.2, -0.15) is 0 Å². The van der Waals surface area contributed by atoms with Gasteiger partial charge in [-0.25, -0.2) is 0 Å². The topological polar surface area (TPSA) is 33.1 Å². The molecule has 16 heavy (non-hydrogen) atoms. The number of phenolic OH excluding ortho intramolecular Hbond substituents is 1. The van der Waals surface area contributed by atoms with Crippen LogP contribution in [0, 0.1) is 6.92 Å². The van der Waals surface area contributed by atoms with Gasteiger partial charge in [-0.05, 0) is 42.3 Å². The first kappa shape index (κ1) is 10.4. The number of benzene rings is 1. The molecule has 0 aliphatic carbocycles. The molecule has 1 aromatic carbocycles. The molecule has 0 saturated carbocycles. The molecule has 0 radical (unpaired) electrons. The van der Waals surface area contributed by atoms with E-state index in [2.05, 4.69) is 4.98 Å². The van der Waals surface area contributed by atoms with Crippen molar-refractivity contribution >= 4 is 12.2 Å². The minimum atomic E-state index is 0.283. The van der Waals surface area contributed by atoms with Gasteiger partial charge in [-0.1, -0.05) is 24.3 Å². The van der Waals surface area contributed by atoms with E-state index in [4.69, 9.17) is 5.11 Å². The van der Waals surface area contributed by atoms with Crippen LogP contribution in [0.4, 0.5) is 0 Å². The summed E-state index contributed by atoms with van der Waals surface area (Å²) in [4.78, 5) is 4.27. The Morgan fingerprint density at radius 2 is 1.81 bits per heavy atom. The van der Waals surface area contributed by atoms with Crippen LogP contribution in [0.5, 0.6) is 5.75 Å². The molecule has 0 bridgehead atoms. The number of aromatic hydroxyl groups is 1. The molecule has 2 aromatic rings. The second kappa shape index (κ2) is 4.62. The fourth-order valence-corrected chi connectivity index (χ4v) is 1.43. The van der Waals surface area contributed by atoms with Gasteiger partial charge in [-0.15, -0.1) is 0 Å². The molecule has 0 atom stereocenters. The molecule has 0 amide bonds. The second-order valence-electron chi connectivity index (χ2n) is 3.63. The molecule has 1 aromatic heterocycles. The van der Waals surface area contributed by atoms with Gasteiger partial charge >= 0.3 is 0 Å². The summed E-state index contributed by atoms with van der Waals surface area (Å²) in [5, 5.41) is 9.15. The summed E-state index contributed by atoms with van der Waals surface area (Å²) in [6.45, 7) is 2.03. The molecular formula is C14H13NO. The zero-order valence-electron chi connectivity index (χ0n) is 9.09. The summed E-state index contributed by atoms with van der Waals surface area (Å²) in [6.07, 6.45) is 5.74. The van der Waals surface area contributed by atoms with E-state index in [1.165, 1.54) is 0 Å². The van der Waals surface area contributed by atoms with Crippen molar-refractivity contribution < 1.29 is 5.11 Å². The van der Waals surface area contributed by atoms with Crippen LogP contribution in [-0.4, -0.2) is 10.1 Å². The van der Waals surface area contributed by atoms with E-state index < -0.39 is 0 Å². The van der Waals surface area contributed by atoms with E-state index in [0.29, 0.717) is 0 Å². The Balaban J connectivity index is 2.21. The maximum Gasteiger partial charge on any atom is 0.115 e. The maximum absolute atomic E-state index is 9.15. The van der Waals surface area contributed by atoms with Gasteiger partial charge in [0.15, 0.2) is 0 Å². The Morgan fingerprint density at radius 3 is 2.50 bits per heavy atom. The van der Waals surface area contributed by atoms with Crippen molar-refractivity contribution in [1.82, 2.24) is 4.98 Å². The smallest absolute Gasteiger partial charge is 0.115 e. The van der Waals surface area contributed by atoms with Gasteiger partial charge < -0.3 is 5.11 Å². The van der Waals surface area contributed by atoms with Gasteiger partial charge in [0.2, 0.25) is 0 Å². The predicted molar refractivity (Wildman–Crippen MR) is 66.0 cm³/mol. The Morgan fingerprint density at radius 1 is 1.06 bits per heavy atom. The van der Waals surface area contributed by atoms with Gasteiger partial charge in [0.25, 0.3) is 0 Å². The van der Waals surface area contributed by atoms with Crippen LogP contribution in [-0.2, 0) is 0 Å². The molecular weight excluding hydrogens is 198 g/mol. The van der Waals surface area contributed by atoms with Crippen LogP contribution >= 0.6 is 0 Å². The Bertz CT molecular complexity index is 500. The van der Waals surface area contributed by atoms with E-state index in [1.54, 1.807) is 18.3 Å². The van der Waals surface area contributed by atoms with E-state index in [9.17, 15) is 0 Å². The first-order chi connectivity index (χ1) is 7.75. The molecule has 80 valence electrons. The van der Waals surface area contributed by atoms with Crippen LogP contribution in [0.25, 0.3) is 12.2 Å². The number of aromatic nitrogens is 1. The first-order valence-corrected chi connectivity index (χ1v) is 5.14. The largest absolute Gasteiger partial charge is 0.508 e. The van der Waals surface area contributed by atoms with E-state index in [1.807, 2.05) is 43.3 Å². The Kier molecular flexibility index (Phi) is 3.01. The number of pyridine rings is 1. The third kappa shape index (κ3) is 2.48. The van der Waals surface area contributed by atoms with E-state index in [-0.39, 0.29) is 5.75 Å². The van der Waals surface area contributed by atoms with Gasteiger partial charge in [0, 0.05) is 6.20 Å². The quantitative estimate of drug-likeness (QED) is 0.827. The fraction of sp³-hybridized carbons (Fsp3) is 0.0714. The van der Waals surface area contributed by atoms with Crippen LogP contribution < -0.4 is 0 Å². The Hall–Kier alpha value is -2.09. The standard InChI is InChI=1S/C14H13NO/c1-11-3-2-10-15-14(11)9-6-12-4-7-13(16)8-5-12/h2-10,16H,1H3/b9-6+. The molecule has 0 aliphatic heterocycles. The molecule has 0 fully saturated rings. The van der Waals surface area contributed by atoms with Gasteiger partial charge in [-0.3, -0.25) is 4.98 Å². The number of hydrogen-bond acceptors (Lipinski definition) is 2. The molecule has 2 nitrogen and oxygen atoms in total. The number of hydrogen-bond donors (Lipinski definition) is 1. The van der Waals surface area contributed by atoms with E-state index >= 15 is 0 Å². The molecule has 2 rings (SSSR count). The second-order valence-corrected chi connectivity index (χ2v) is 3.63. The predicted octanol–water partition coefficient (Wildman–Crippen LogP) is 3.27. The summed E-state index contributed by atoms with van der Waals surface area (Å²) in [6, 6.07) is 11.0. The van der Waals surface area contributed by atoms with Crippen molar-refractivity contribution in [2.24, 2.45) is 0 Å². The fourth-order valence-electron chi connectivity index (χ4n) is 1.43. The van der Waals surface area contributed by atoms with Crippen LogP contribution in [0.1, 0.15) is 16.8 Å². The lowest BCUT2D eigenvalue weighted by Gasteiger charge is -1.98. The first-order valence-electron chi connectivity index (χ1n) is 5.14. The van der Waals surface area contributed by atoms with Crippen LogP contribution in [0.2, 0.25) is 0 Å². The lowest BCUT2D eigenvalue weighted by molar-refractivity contribution is 0.475. The van der Waals surface area contributed by atoms with Crippen LogP contribution in [0.15, 0.2) is 42.6 Å². The monoisotopic (exact) mass is 211 g/mol. The normalized spacial score (nSPS) is 10.8. The number of aryl methyl sites for hydroxylation is 1. The zero-order chi connectivity index (χ0) is 11.4. The molecule has 2 heteroatoms. The highest BCUT2D eigenvalue weighted by atomic mass is 16.3. The molecule has 1 heterocycles. The highest BCUT2D eigenvalue weighted by Crippen LogP contribution is 2.13. The SMILES string of the molecule is Cc1cccnc1/C=C/c1ccc(O)cc1. The lowest BCUT2D eigenvalue weighted by atomic mass is 10.1. The van der Waals surface area contributed by atoms with Crippen LogP contribution in [0.3, 0.4) is 0 Å². The van der Waals surface area contributed by atoms with E-state index in [0.717, 1.165) is 16.8 Å². The van der Waals surface area contributed by atoms with Crippen molar-refractivity contribution in [3.05, 3.63) is 59.4 Å². The zero-order valence-corrected chi connectivity index (χ0v) is 9.09. The summed E-state index contributed by atoms with van der Waals surface area (Å²) in [5.74, 6) is 0.283. The van der Waals surface area contributed by atoms with Crippen molar-refractivity contribution in [3.8, 4) is 5.75 Å². The van der Waals surface area contributed by atoms with Crippen molar-refractivity contribution in [1.29, 1.82) is 0 Å². The number of rotatable bonds is 2. The minimum absolute atomic E-state index is 0.283. The third-order valence-corrected chi connectivity index (χ3v) is 2.38. The van der Waals surface area contributed by atoms with Gasteiger partial charge in [0.05, 0.1) is 5.69 Å². The average Bonchev–Trinajstić information content (AvgIpc) is 2.30. The average molecular weight is 211 g/mol. The highest BCUT2D eigenvalue weighted by Gasteiger charge is 1.93. The Labute approximate surface area is 94.9 Å². The van der Waals surface area contributed by atoms with Crippen molar-refractivity contribution in [3.63, 3.8) is 0 Å². The summed E-state index contributed by atoms with van der Waals surface area (Å²) in [7, 11) is 0. The third-order valence-electron chi connectivity index (χ3n) is 2.38. The minimum Gasteiger partial charge on any atom is -0.508 e. The summed E-state index contributed by atoms with van der Waals surface area (Å²) >= 11 is 0. The van der Waals surface area contributed by atoms with Crippen molar-refractivity contribution in [2.75, 3.05) is 0 Å². The highest BCUT2D eigenvalue weighted by molar-refractivity contribution is 5.69. The maximum atomic E-state index is 9.15. The molecule has 0 spiro atoms. The number of nitrogens with zero attached hydrogens (tertiary/aromatic N) is 1.